The zero-order valence-electron chi connectivity index (χ0n) is 10.6. The molecule has 0 aromatic heterocycles. The fourth-order valence-corrected chi connectivity index (χ4v) is 3.38. The van der Waals surface area contributed by atoms with Gasteiger partial charge in [-0.25, -0.2) is 0 Å². The van der Waals surface area contributed by atoms with Crippen molar-refractivity contribution in [2.45, 2.75) is 57.8 Å². The number of rotatable bonds is 2. The lowest BCUT2D eigenvalue weighted by Crippen LogP contribution is -2.43. The van der Waals surface area contributed by atoms with E-state index < -0.39 is 17.4 Å². The Morgan fingerprint density at radius 2 is 1.39 bits per heavy atom. The van der Waals surface area contributed by atoms with E-state index in [0.717, 1.165) is 37.7 Å². The minimum atomic E-state index is -1.63. The molecule has 0 saturated heterocycles. The molecular formula is C14H20O4. The average molecular weight is 252 g/mol. The summed E-state index contributed by atoms with van der Waals surface area (Å²) in [4.78, 5) is 23.1. The van der Waals surface area contributed by atoms with Crippen LogP contribution in [-0.4, -0.2) is 22.2 Å². The molecule has 0 atom stereocenters. The van der Waals surface area contributed by atoms with Gasteiger partial charge < -0.3 is 10.2 Å². The average Bonchev–Trinajstić information content (AvgIpc) is 2.39. The molecule has 0 bridgehead atoms. The van der Waals surface area contributed by atoms with Crippen molar-refractivity contribution in [3.05, 3.63) is 11.1 Å². The van der Waals surface area contributed by atoms with Crippen molar-refractivity contribution in [3.63, 3.8) is 0 Å². The fraction of sp³-hybridized carbons (Fsp3) is 0.714. The highest BCUT2D eigenvalue weighted by Crippen LogP contribution is 2.45. The van der Waals surface area contributed by atoms with Gasteiger partial charge in [-0.2, -0.15) is 0 Å². The largest absolute Gasteiger partial charge is 0.480 e. The van der Waals surface area contributed by atoms with E-state index in [9.17, 15) is 19.8 Å². The lowest BCUT2D eigenvalue weighted by molar-refractivity contribution is -0.163. The third-order valence-electron chi connectivity index (χ3n) is 4.36. The topological polar surface area (TPSA) is 74.6 Å². The normalized spacial score (nSPS) is 23.8. The molecule has 2 rings (SSSR count). The van der Waals surface area contributed by atoms with Gasteiger partial charge in [-0.3, -0.25) is 9.59 Å². The van der Waals surface area contributed by atoms with Gasteiger partial charge in [0, 0.05) is 0 Å². The van der Waals surface area contributed by atoms with Crippen LogP contribution in [0, 0.1) is 5.41 Å². The number of carbonyl (C=O) groups is 2. The molecule has 4 heteroatoms. The maximum absolute atomic E-state index is 11.6. The molecule has 2 N–H and O–H groups in total. The van der Waals surface area contributed by atoms with Crippen molar-refractivity contribution in [2.24, 2.45) is 5.41 Å². The number of hydrogen-bond acceptors (Lipinski definition) is 2. The second kappa shape index (κ2) is 5.12. The van der Waals surface area contributed by atoms with Gasteiger partial charge >= 0.3 is 11.9 Å². The quantitative estimate of drug-likeness (QED) is 0.585. The Bertz CT molecular complexity index is 373. The summed E-state index contributed by atoms with van der Waals surface area (Å²) in [6.07, 6.45) is 7.57. The Hall–Kier alpha value is -1.32. The number of allylic oxidation sites excluding steroid dienone is 1. The summed E-state index contributed by atoms with van der Waals surface area (Å²) in [5.74, 6) is -2.36. The molecular weight excluding hydrogens is 232 g/mol. The van der Waals surface area contributed by atoms with E-state index in [-0.39, 0.29) is 6.42 Å². The molecule has 0 radical (unpaired) electrons. The van der Waals surface area contributed by atoms with Crippen molar-refractivity contribution < 1.29 is 19.8 Å². The molecule has 18 heavy (non-hydrogen) atoms. The summed E-state index contributed by atoms with van der Waals surface area (Å²) < 4.78 is 0. The summed E-state index contributed by atoms with van der Waals surface area (Å²) in [6.45, 7) is 0. The van der Waals surface area contributed by atoms with Gasteiger partial charge in [-0.1, -0.05) is 18.4 Å². The molecule has 0 spiro atoms. The van der Waals surface area contributed by atoms with Crippen molar-refractivity contribution in [1.29, 1.82) is 0 Å². The lowest BCUT2D eigenvalue weighted by atomic mass is 9.67. The van der Waals surface area contributed by atoms with Gasteiger partial charge in [0.2, 0.25) is 0 Å². The molecule has 100 valence electrons. The van der Waals surface area contributed by atoms with Crippen molar-refractivity contribution in [2.75, 3.05) is 0 Å². The molecule has 2 aliphatic rings. The monoisotopic (exact) mass is 252 g/mol. The van der Waals surface area contributed by atoms with Crippen molar-refractivity contribution in [3.8, 4) is 0 Å². The zero-order chi connectivity index (χ0) is 13.2. The minimum Gasteiger partial charge on any atom is -0.480 e. The maximum atomic E-state index is 11.6. The van der Waals surface area contributed by atoms with Crippen molar-refractivity contribution in [1.82, 2.24) is 0 Å². The van der Waals surface area contributed by atoms with Crippen LogP contribution in [0.15, 0.2) is 11.1 Å². The highest BCUT2D eigenvalue weighted by atomic mass is 16.4. The molecule has 0 aliphatic heterocycles. The van der Waals surface area contributed by atoms with Crippen LogP contribution in [0.25, 0.3) is 0 Å². The predicted molar refractivity (Wildman–Crippen MR) is 66.3 cm³/mol. The van der Waals surface area contributed by atoms with Crippen molar-refractivity contribution >= 4 is 11.9 Å². The molecule has 0 aromatic rings. The van der Waals surface area contributed by atoms with E-state index in [1.54, 1.807) is 0 Å². The summed E-state index contributed by atoms with van der Waals surface area (Å²) in [7, 11) is 0. The van der Waals surface area contributed by atoms with E-state index >= 15 is 0 Å². The Kier molecular flexibility index (Phi) is 3.73. The van der Waals surface area contributed by atoms with E-state index in [0.29, 0.717) is 18.4 Å². The number of carboxylic acids is 2. The highest BCUT2D eigenvalue weighted by Gasteiger charge is 2.51. The van der Waals surface area contributed by atoms with Crippen LogP contribution in [0.1, 0.15) is 57.8 Å². The van der Waals surface area contributed by atoms with Crippen LogP contribution in [0.5, 0.6) is 0 Å². The zero-order valence-corrected chi connectivity index (χ0v) is 10.6. The second-order valence-electron chi connectivity index (χ2n) is 5.37. The molecule has 4 nitrogen and oxygen atoms in total. The molecule has 0 aromatic carbocycles. The molecule has 0 amide bonds. The molecule has 2 aliphatic carbocycles. The van der Waals surface area contributed by atoms with E-state index in [1.165, 1.54) is 6.42 Å². The number of hydrogen-bond donors (Lipinski definition) is 2. The van der Waals surface area contributed by atoms with Gasteiger partial charge in [0.1, 0.15) is 0 Å². The Labute approximate surface area is 107 Å². The second-order valence-corrected chi connectivity index (χ2v) is 5.37. The van der Waals surface area contributed by atoms with Crippen LogP contribution in [0.2, 0.25) is 0 Å². The fourth-order valence-electron chi connectivity index (χ4n) is 3.38. The SMILES string of the molecule is O=C(O)C1(C(=O)O)CCCCC1=C1CCCCC1. The lowest BCUT2D eigenvalue weighted by Gasteiger charge is -2.35. The van der Waals surface area contributed by atoms with Crippen LogP contribution in [-0.2, 0) is 9.59 Å². The van der Waals surface area contributed by atoms with Gasteiger partial charge in [0.05, 0.1) is 0 Å². The summed E-state index contributed by atoms with van der Waals surface area (Å²) >= 11 is 0. The first-order chi connectivity index (χ1) is 8.59. The molecule has 2 saturated carbocycles. The van der Waals surface area contributed by atoms with E-state index in [2.05, 4.69) is 0 Å². The van der Waals surface area contributed by atoms with Crippen LogP contribution in [0.4, 0.5) is 0 Å². The summed E-state index contributed by atoms with van der Waals surface area (Å²) in [5, 5.41) is 18.9. The maximum Gasteiger partial charge on any atom is 0.325 e. The van der Waals surface area contributed by atoms with Gasteiger partial charge in [0.15, 0.2) is 5.41 Å². The van der Waals surface area contributed by atoms with Gasteiger partial charge in [-0.15, -0.1) is 0 Å². The number of carboxylic acid groups (broad SMARTS) is 2. The summed E-state index contributed by atoms with van der Waals surface area (Å²) in [5.41, 5.74) is 0.199. The first-order valence-electron chi connectivity index (χ1n) is 6.77. The van der Waals surface area contributed by atoms with Gasteiger partial charge in [-0.05, 0) is 50.5 Å². The minimum absolute atomic E-state index is 0.247. The predicted octanol–water partition coefficient (Wildman–Crippen LogP) is 2.98. The first-order valence-corrected chi connectivity index (χ1v) is 6.77. The molecule has 0 heterocycles. The van der Waals surface area contributed by atoms with E-state index in [4.69, 9.17) is 0 Å². The van der Waals surface area contributed by atoms with Gasteiger partial charge in [0.25, 0.3) is 0 Å². The van der Waals surface area contributed by atoms with Crippen LogP contribution in [0.3, 0.4) is 0 Å². The highest BCUT2D eigenvalue weighted by molar-refractivity contribution is 6.02. The molecule has 2 fully saturated rings. The summed E-state index contributed by atoms with van der Waals surface area (Å²) in [6, 6.07) is 0. The standard InChI is InChI=1S/C14H20O4/c15-12(16)14(13(17)18)9-5-4-8-11(14)10-6-2-1-3-7-10/h1-9H2,(H,15,16)(H,17,18). The Morgan fingerprint density at radius 3 is 1.94 bits per heavy atom. The third-order valence-corrected chi connectivity index (χ3v) is 4.36. The molecule has 0 unspecified atom stereocenters. The van der Waals surface area contributed by atoms with Crippen LogP contribution >= 0.6 is 0 Å². The number of aliphatic carboxylic acids is 2. The Morgan fingerprint density at radius 1 is 0.833 bits per heavy atom. The smallest absolute Gasteiger partial charge is 0.325 e. The first kappa shape index (κ1) is 13.1. The Balaban J connectivity index is 2.46. The van der Waals surface area contributed by atoms with Crippen LogP contribution < -0.4 is 0 Å². The third kappa shape index (κ3) is 2.04. The van der Waals surface area contributed by atoms with E-state index in [1.807, 2.05) is 0 Å².